The zero-order valence-corrected chi connectivity index (χ0v) is 20.1. The van der Waals surface area contributed by atoms with Crippen LogP contribution in [0, 0.1) is 11.3 Å². The molecule has 0 aromatic rings. The van der Waals surface area contributed by atoms with E-state index in [1.165, 1.54) is 51.5 Å². The molecule has 1 aliphatic heterocycles. The number of ether oxygens (including phenoxy) is 1. The molecule has 2 aliphatic carbocycles. The third-order valence-electron chi connectivity index (χ3n) is 7.19. The van der Waals surface area contributed by atoms with Crippen molar-refractivity contribution < 1.29 is 4.74 Å². The second kappa shape index (κ2) is 10.6. The van der Waals surface area contributed by atoms with Gasteiger partial charge in [0.05, 0.1) is 6.10 Å². The molecular weight excluding hydrogens is 451 g/mol. The van der Waals surface area contributed by atoms with Crippen LogP contribution in [0.1, 0.15) is 65.7 Å². The summed E-state index contributed by atoms with van der Waals surface area (Å²) in [7, 11) is 1.90. The van der Waals surface area contributed by atoms with Crippen molar-refractivity contribution in [2.75, 3.05) is 33.3 Å². The first-order valence-electron chi connectivity index (χ1n) is 11.0. The fourth-order valence-corrected chi connectivity index (χ4v) is 5.69. The molecule has 4 unspecified atom stereocenters. The molecule has 5 nitrogen and oxygen atoms in total. The van der Waals surface area contributed by atoms with E-state index in [0.29, 0.717) is 29.5 Å². The number of fused-ring (bicyclic) bond motifs is 2. The molecule has 2 N–H and O–H groups in total. The van der Waals surface area contributed by atoms with E-state index in [4.69, 9.17) is 4.74 Å². The second-order valence-electron chi connectivity index (χ2n) is 8.59. The van der Waals surface area contributed by atoms with Gasteiger partial charge in [0.1, 0.15) is 0 Å². The van der Waals surface area contributed by atoms with Crippen molar-refractivity contribution >= 4 is 29.9 Å². The first-order valence-corrected chi connectivity index (χ1v) is 11.0. The van der Waals surface area contributed by atoms with Gasteiger partial charge in [-0.1, -0.05) is 26.7 Å². The standard InChI is InChI=1S/C21H40N4O.HI/c1-5-25(6-2)14-9-10-16(3)23-20(22-4)24-18-17-11-15-26-19(17)21(18)12-7-8-13-21;/h16-19H,5-15H2,1-4H3,(H2,22,23,24);1H. The van der Waals surface area contributed by atoms with Crippen LogP contribution in [-0.2, 0) is 4.74 Å². The van der Waals surface area contributed by atoms with Gasteiger partial charge >= 0.3 is 0 Å². The van der Waals surface area contributed by atoms with Gasteiger partial charge in [-0.2, -0.15) is 0 Å². The molecule has 27 heavy (non-hydrogen) atoms. The maximum atomic E-state index is 6.11. The molecule has 2 saturated carbocycles. The van der Waals surface area contributed by atoms with Gasteiger partial charge < -0.3 is 20.3 Å². The summed E-state index contributed by atoms with van der Waals surface area (Å²) in [6.45, 7) is 11.2. The lowest BCUT2D eigenvalue weighted by molar-refractivity contribution is -0.125. The average molecular weight is 492 g/mol. The van der Waals surface area contributed by atoms with Crippen LogP contribution in [0.3, 0.4) is 0 Å². The van der Waals surface area contributed by atoms with Crippen LogP contribution >= 0.6 is 24.0 Å². The summed E-state index contributed by atoms with van der Waals surface area (Å²) in [5, 5.41) is 7.45. The Hall–Kier alpha value is -0.0800. The van der Waals surface area contributed by atoms with Gasteiger partial charge in [0.15, 0.2) is 5.96 Å². The van der Waals surface area contributed by atoms with E-state index >= 15 is 0 Å². The molecule has 4 atom stereocenters. The van der Waals surface area contributed by atoms with Crippen molar-refractivity contribution in [3.8, 4) is 0 Å². The molecule has 1 saturated heterocycles. The number of nitrogens with one attached hydrogen (secondary N) is 2. The summed E-state index contributed by atoms with van der Waals surface area (Å²) < 4.78 is 6.11. The van der Waals surface area contributed by atoms with E-state index in [1.54, 1.807) is 0 Å². The molecule has 3 aliphatic rings. The van der Waals surface area contributed by atoms with Crippen molar-refractivity contribution in [3.05, 3.63) is 0 Å². The Labute approximate surface area is 183 Å². The Morgan fingerprint density at radius 1 is 1.26 bits per heavy atom. The molecule has 0 bridgehead atoms. The summed E-state index contributed by atoms with van der Waals surface area (Å²) in [4.78, 5) is 7.04. The van der Waals surface area contributed by atoms with E-state index in [-0.39, 0.29) is 24.0 Å². The minimum Gasteiger partial charge on any atom is -0.377 e. The number of guanidine groups is 1. The highest BCUT2D eigenvalue weighted by Gasteiger charge is 2.65. The molecule has 158 valence electrons. The highest BCUT2D eigenvalue weighted by molar-refractivity contribution is 14.0. The van der Waals surface area contributed by atoms with E-state index in [0.717, 1.165) is 25.7 Å². The van der Waals surface area contributed by atoms with Crippen LogP contribution in [0.2, 0.25) is 0 Å². The lowest BCUT2D eigenvalue weighted by atomic mass is 9.54. The van der Waals surface area contributed by atoms with Gasteiger partial charge in [-0.05, 0) is 58.7 Å². The Morgan fingerprint density at radius 2 is 1.96 bits per heavy atom. The molecule has 0 amide bonds. The maximum absolute atomic E-state index is 6.11. The number of halogens is 1. The van der Waals surface area contributed by atoms with Crippen LogP contribution in [0.5, 0.6) is 0 Å². The molecule has 1 heterocycles. The highest BCUT2D eigenvalue weighted by atomic mass is 127. The summed E-state index contributed by atoms with van der Waals surface area (Å²) >= 11 is 0. The topological polar surface area (TPSA) is 48.9 Å². The normalized spacial score (nSPS) is 30.0. The van der Waals surface area contributed by atoms with Crippen LogP contribution < -0.4 is 10.6 Å². The van der Waals surface area contributed by atoms with Gasteiger partial charge in [0, 0.05) is 37.1 Å². The molecule has 3 rings (SSSR count). The fourth-order valence-electron chi connectivity index (χ4n) is 5.69. The van der Waals surface area contributed by atoms with Crippen LogP contribution in [0.25, 0.3) is 0 Å². The number of hydrogen-bond donors (Lipinski definition) is 2. The SMILES string of the molecule is CCN(CC)CCCC(C)NC(=NC)NC1C2CCOC2C12CCCC2.I. The average Bonchev–Trinajstić information content (AvgIpc) is 3.30. The van der Waals surface area contributed by atoms with Gasteiger partial charge in [-0.25, -0.2) is 0 Å². The predicted octanol–water partition coefficient (Wildman–Crippen LogP) is 3.63. The van der Waals surface area contributed by atoms with Crippen molar-refractivity contribution in [1.82, 2.24) is 15.5 Å². The Balaban J connectivity index is 0.00000261. The molecule has 3 fully saturated rings. The minimum absolute atomic E-state index is 0. The zero-order valence-electron chi connectivity index (χ0n) is 17.8. The van der Waals surface area contributed by atoms with Crippen molar-refractivity contribution in [1.29, 1.82) is 0 Å². The van der Waals surface area contributed by atoms with Gasteiger partial charge in [0.25, 0.3) is 0 Å². The number of nitrogens with zero attached hydrogens (tertiary/aromatic N) is 2. The van der Waals surface area contributed by atoms with E-state index < -0.39 is 0 Å². The number of aliphatic imine (C=N–C) groups is 1. The lowest BCUT2D eigenvalue weighted by Gasteiger charge is -2.57. The Bertz CT molecular complexity index is 477. The number of rotatable bonds is 8. The van der Waals surface area contributed by atoms with Gasteiger partial charge in [-0.3, -0.25) is 4.99 Å². The second-order valence-corrected chi connectivity index (χ2v) is 8.59. The number of hydrogen-bond acceptors (Lipinski definition) is 3. The summed E-state index contributed by atoms with van der Waals surface area (Å²) in [6, 6.07) is 0.999. The van der Waals surface area contributed by atoms with Crippen molar-refractivity contribution in [2.45, 2.75) is 83.9 Å². The molecule has 0 aromatic heterocycles. The summed E-state index contributed by atoms with van der Waals surface area (Å²) in [5.41, 5.74) is 0.380. The zero-order chi connectivity index (χ0) is 18.6. The minimum atomic E-state index is 0. The summed E-state index contributed by atoms with van der Waals surface area (Å²) in [5.74, 6) is 1.67. The molecule has 0 radical (unpaired) electrons. The first kappa shape index (κ1) is 23.2. The Morgan fingerprint density at radius 3 is 2.59 bits per heavy atom. The Kier molecular flexibility index (Phi) is 9.13. The van der Waals surface area contributed by atoms with Gasteiger partial charge in [0.2, 0.25) is 0 Å². The van der Waals surface area contributed by atoms with Gasteiger partial charge in [-0.15, -0.1) is 24.0 Å². The molecule has 0 aromatic carbocycles. The third-order valence-corrected chi connectivity index (χ3v) is 7.19. The smallest absolute Gasteiger partial charge is 0.191 e. The quantitative estimate of drug-likeness (QED) is 0.309. The predicted molar refractivity (Wildman–Crippen MR) is 124 cm³/mol. The first-order chi connectivity index (χ1) is 12.6. The van der Waals surface area contributed by atoms with E-state index in [9.17, 15) is 0 Å². The summed E-state index contributed by atoms with van der Waals surface area (Å²) in [6.07, 6.45) is 9.50. The fraction of sp³-hybridized carbons (Fsp3) is 0.952. The highest BCUT2D eigenvalue weighted by Crippen LogP contribution is 2.60. The third kappa shape index (κ3) is 4.92. The van der Waals surface area contributed by atoms with Crippen LogP contribution in [0.15, 0.2) is 4.99 Å². The largest absolute Gasteiger partial charge is 0.377 e. The van der Waals surface area contributed by atoms with E-state index in [2.05, 4.69) is 41.3 Å². The lowest BCUT2D eigenvalue weighted by Crippen LogP contribution is -2.69. The molecular formula is C21H41IN4O. The monoisotopic (exact) mass is 492 g/mol. The molecule has 6 heteroatoms. The van der Waals surface area contributed by atoms with Crippen molar-refractivity contribution in [2.24, 2.45) is 16.3 Å². The van der Waals surface area contributed by atoms with Crippen LogP contribution in [-0.4, -0.2) is 62.3 Å². The van der Waals surface area contributed by atoms with Crippen LogP contribution in [0.4, 0.5) is 0 Å². The van der Waals surface area contributed by atoms with E-state index in [1.807, 2.05) is 7.05 Å². The maximum Gasteiger partial charge on any atom is 0.191 e. The van der Waals surface area contributed by atoms with Crippen molar-refractivity contribution in [3.63, 3.8) is 0 Å². The molecule has 1 spiro atoms.